The molecular formula is C13H13N3O2. The van der Waals surface area contributed by atoms with E-state index in [2.05, 4.69) is 15.8 Å². The van der Waals surface area contributed by atoms with Gasteiger partial charge in [-0.15, -0.1) is 0 Å². The predicted octanol–water partition coefficient (Wildman–Crippen LogP) is 2.20. The first-order chi connectivity index (χ1) is 8.72. The molecule has 0 spiro atoms. The second-order valence-corrected chi connectivity index (χ2v) is 4.33. The van der Waals surface area contributed by atoms with Crippen molar-refractivity contribution in [2.45, 2.75) is 13.3 Å². The van der Waals surface area contributed by atoms with Crippen LogP contribution in [0.4, 0.5) is 11.5 Å². The van der Waals surface area contributed by atoms with Crippen molar-refractivity contribution in [2.75, 3.05) is 17.2 Å². The monoisotopic (exact) mass is 243 g/mol. The molecule has 1 aliphatic heterocycles. The van der Waals surface area contributed by atoms with Crippen molar-refractivity contribution >= 4 is 17.4 Å². The fourth-order valence-electron chi connectivity index (χ4n) is 2.06. The lowest BCUT2D eigenvalue weighted by Gasteiger charge is -2.04. The molecule has 18 heavy (non-hydrogen) atoms. The van der Waals surface area contributed by atoms with Gasteiger partial charge in [0.05, 0.1) is 0 Å². The second kappa shape index (κ2) is 4.18. The lowest BCUT2D eigenvalue weighted by atomic mass is 10.1. The number of benzene rings is 1. The quantitative estimate of drug-likeness (QED) is 0.848. The van der Waals surface area contributed by atoms with Crippen LogP contribution in [-0.2, 0) is 6.42 Å². The molecule has 5 heteroatoms. The Morgan fingerprint density at radius 3 is 3.11 bits per heavy atom. The number of hydrogen-bond donors (Lipinski definition) is 2. The van der Waals surface area contributed by atoms with Gasteiger partial charge in [-0.3, -0.25) is 4.79 Å². The van der Waals surface area contributed by atoms with E-state index in [-0.39, 0.29) is 5.91 Å². The molecule has 92 valence electrons. The maximum Gasteiger partial charge on any atom is 0.256 e. The second-order valence-electron chi connectivity index (χ2n) is 4.33. The van der Waals surface area contributed by atoms with Crippen molar-refractivity contribution in [3.05, 3.63) is 41.2 Å². The first-order valence-corrected chi connectivity index (χ1v) is 5.84. The van der Waals surface area contributed by atoms with Gasteiger partial charge in [0.15, 0.2) is 5.82 Å². The molecule has 0 atom stereocenters. The normalized spacial score (nSPS) is 12.9. The van der Waals surface area contributed by atoms with Crippen LogP contribution in [0.3, 0.4) is 0 Å². The zero-order valence-electron chi connectivity index (χ0n) is 9.99. The first-order valence-electron chi connectivity index (χ1n) is 5.84. The Bertz CT molecular complexity index is 604. The van der Waals surface area contributed by atoms with Crippen molar-refractivity contribution in [2.24, 2.45) is 0 Å². The summed E-state index contributed by atoms with van der Waals surface area (Å²) in [4.78, 5) is 12.0. The van der Waals surface area contributed by atoms with Gasteiger partial charge in [0.2, 0.25) is 0 Å². The maximum atomic E-state index is 12.0. The number of aromatic nitrogens is 1. The van der Waals surface area contributed by atoms with Crippen molar-refractivity contribution in [1.29, 1.82) is 0 Å². The third kappa shape index (κ3) is 1.95. The van der Waals surface area contributed by atoms with Crippen LogP contribution >= 0.6 is 0 Å². The van der Waals surface area contributed by atoms with Crippen molar-refractivity contribution in [3.8, 4) is 0 Å². The minimum absolute atomic E-state index is 0.169. The number of nitrogens with zero attached hydrogens (tertiary/aromatic N) is 1. The Kier molecular flexibility index (Phi) is 2.51. The highest BCUT2D eigenvalue weighted by Crippen LogP contribution is 2.23. The molecule has 2 aromatic rings. The van der Waals surface area contributed by atoms with Gasteiger partial charge in [-0.1, -0.05) is 5.16 Å². The average molecular weight is 243 g/mol. The number of nitrogens with one attached hydrogen (secondary N) is 2. The summed E-state index contributed by atoms with van der Waals surface area (Å²) in [5.41, 5.74) is 2.93. The Morgan fingerprint density at radius 2 is 2.33 bits per heavy atom. The third-order valence-electron chi connectivity index (χ3n) is 2.95. The largest absolute Gasteiger partial charge is 0.384 e. The summed E-state index contributed by atoms with van der Waals surface area (Å²) in [7, 11) is 0. The minimum atomic E-state index is -0.169. The van der Waals surface area contributed by atoms with E-state index in [0.717, 1.165) is 18.7 Å². The maximum absolute atomic E-state index is 12.0. The molecule has 1 aromatic carbocycles. The van der Waals surface area contributed by atoms with E-state index in [1.54, 1.807) is 19.1 Å². The Hall–Kier alpha value is -2.30. The van der Waals surface area contributed by atoms with Gasteiger partial charge in [-0.05, 0) is 37.1 Å². The third-order valence-corrected chi connectivity index (χ3v) is 2.95. The fourth-order valence-corrected chi connectivity index (χ4v) is 2.06. The molecular weight excluding hydrogens is 230 g/mol. The molecule has 0 fully saturated rings. The molecule has 5 nitrogen and oxygen atoms in total. The summed E-state index contributed by atoms with van der Waals surface area (Å²) in [5.74, 6) is 0.942. The minimum Gasteiger partial charge on any atom is -0.384 e. The Labute approximate surface area is 104 Å². The predicted molar refractivity (Wildman–Crippen MR) is 67.8 cm³/mol. The van der Waals surface area contributed by atoms with Crippen LogP contribution in [0.5, 0.6) is 0 Å². The molecule has 0 unspecified atom stereocenters. The van der Waals surface area contributed by atoms with Crippen molar-refractivity contribution in [1.82, 2.24) is 5.16 Å². The van der Waals surface area contributed by atoms with Crippen molar-refractivity contribution in [3.63, 3.8) is 0 Å². The van der Waals surface area contributed by atoms with E-state index in [9.17, 15) is 4.79 Å². The number of anilines is 2. The number of rotatable bonds is 2. The number of carbonyl (C=O) groups is 1. The molecule has 0 saturated heterocycles. The summed E-state index contributed by atoms with van der Waals surface area (Å²) in [5, 5.41) is 9.70. The molecule has 1 amide bonds. The standard InChI is InChI=1S/C13H13N3O2/c1-8-6-12(16-18-8)15-13(17)10-2-3-11-9(7-10)4-5-14-11/h2-3,6-7,14H,4-5H2,1H3,(H,15,16,17). The fraction of sp³-hybridized carbons (Fsp3) is 0.231. The molecule has 1 aliphatic rings. The van der Waals surface area contributed by atoms with Gasteiger partial charge in [0, 0.05) is 23.9 Å². The highest BCUT2D eigenvalue weighted by molar-refractivity contribution is 6.04. The average Bonchev–Trinajstić information content (AvgIpc) is 2.96. The zero-order valence-corrected chi connectivity index (χ0v) is 9.99. The summed E-state index contributed by atoms with van der Waals surface area (Å²) >= 11 is 0. The van der Waals surface area contributed by atoms with E-state index < -0.39 is 0 Å². The lowest BCUT2D eigenvalue weighted by Crippen LogP contribution is -2.12. The van der Waals surface area contributed by atoms with Crippen LogP contribution in [0.15, 0.2) is 28.8 Å². The van der Waals surface area contributed by atoms with E-state index in [4.69, 9.17) is 4.52 Å². The van der Waals surface area contributed by atoms with E-state index in [1.807, 2.05) is 12.1 Å². The lowest BCUT2D eigenvalue weighted by molar-refractivity contribution is 0.102. The first kappa shape index (κ1) is 10.8. The van der Waals surface area contributed by atoms with Gasteiger partial charge in [0.25, 0.3) is 5.91 Å². The molecule has 0 bridgehead atoms. The number of amides is 1. The molecule has 2 heterocycles. The molecule has 0 aliphatic carbocycles. The molecule has 3 rings (SSSR count). The van der Waals surface area contributed by atoms with Crippen LogP contribution in [0.25, 0.3) is 0 Å². The highest BCUT2D eigenvalue weighted by atomic mass is 16.5. The van der Waals surface area contributed by atoms with Crippen LogP contribution in [0.1, 0.15) is 21.7 Å². The summed E-state index contributed by atoms with van der Waals surface area (Å²) in [6.45, 7) is 2.71. The number of hydrogen-bond acceptors (Lipinski definition) is 4. The van der Waals surface area contributed by atoms with Gasteiger partial charge in [-0.2, -0.15) is 0 Å². The van der Waals surface area contributed by atoms with E-state index >= 15 is 0 Å². The topological polar surface area (TPSA) is 67.2 Å². The van der Waals surface area contributed by atoms with Gasteiger partial charge in [0.1, 0.15) is 5.76 Å². The van der Waals surface area contributed by atoms with Gasteiger partial charge in [-0.25, -0.2) is 0 Å². The zero-order chi connectivity index (χ0) is 12.5. The van der Waals surface area contributed by atoms with Crippen LogP contribution in [0.2, 0.25) is 0 Å². The van der Waals surface area contributed by atoms with Crippen LogP contribution in [0, 0.1) is 6.92 Å². The van der Waals surface area contributed by atoms with Crippen LogP contribution < -0.4 is 10.6 Å². The SMILES string of the molecule is Cc1cc(NC(=O)c2ccc3c(c2)CCN3)no1. The molecule has 2 N–H and O–H groups in total. The summed E-state index contributed by atoms with van der Waals surface area (Å²) < 4.78 is 4.90. The van der Waals surface area contributed by atoms with Gasteiger partial charge < -0.3 is 15.2 Å². The summed E-state index contributed by atoms with van der Waals surface area (Å²) in [6.07, 6.45) is 0.958. The molecule has 0 saturated carbocycles. The number of fused-ring (bicyclic) bond motifs is 1. The number of aryl methyl sites for hydroxylation is 1. The Morgan fingerprint density at radius 1 is 1.44 bits per heavy atom. The highest BCUT2D eigenvalue weighted by Gasteiger charge is 2.14. The van der Waals surface area contributed by atoms with Crippen molar-refractivity contribution < 1.29 is 9.32 Å². The van der Waals surface area contributed by atoms with Crippen LogP contribution in [-0.4, -0.2) is 17.6 Å². The van der Waals surface area contributed by atoms with Gasteiger partial charge >= 0.3 is 0 Å². The molecule has 0 radical (unpaired) electrons. The van der Waals surface area contributed by atoms with E-state index in [0.29, 0.717) is 17.1 Å². The molecule has 1 aromatic heterocycles. The summed E-state index contributed by atoms with van der Waals surface area (Å²) in [6, 6.07) is 7.34. The number of carbonyl (C=O) groups excluding carboxylic acids is 1. The Balaban J connectivity index is 1.80. The smallest absolute Gasteiger partial charge is 0.256 e. The van der Waals surface area contributed by atoms with E-state index in [1.165, 1.54) is 5.56 Å².